The van der Waals surface area contributed by atoms with Crippen LogP contribution in [0, 0.1) is 5.92 Å². The van der Waals surface area contributed by atoms with Gasteiger partial charge in [-0.05, 0) is 74.9 Å². The third-order valence-corrected chi connectivity index (χ3v) is 6.13. The van der Waals surface area contributed by atoms with Crippen molar-refractivity contribution in [1.29, 1.82) is 0 Å². The summed E-state index contributed by atoms with van der Waals surface area (Å²) in [4.78, 5) is 0. The van der Waals surface area contributed by atoms with Crippen LogP contribution >= 0.6 is 0 Å². The van der Waals surface area contributed by atoms with Crippen molar-refractivity contribution in [3.63, 3.8) is 0 Å². The summed E-state index contributed by atoms with van der Waals surface area (Å²) in [7, 11) is 0. The van der Waals surface area contributed by atoms with E-state index in [2.05, 4.69) is 41.4 Å². The highest BCUT2D eigenvalue weighted by Gasteiger charge is 2.23. The van der Waals surface area contributed by atoms with Crippen molar-refractivity contribution in [2.24, 2.45) is 5.92 Å². The first-order valence-electron chi connectivity index (χ1n) is 11.4. The van der Waals surface area contributed by atoms with E-state index in [9.17, 15) is 0 Å². The van der Waals surface area contributed by atoms with Gasteiger partial charge in [-0.2, -0.15) is 10.2 Å². The fraction of sp³-hybridized carbons (Fsp3) is 0.600. The molecule has 0 bridgehead atoms. The average molecular weight is 381 g/mol. The Morgan fingerprint density at radius 3 is 2.21 bits per heavy atom. The van der Waals surface area contributed by atoms with Crippen molar-refractivity contribution < 1.29 is 4.74 Å². The predicted molar refractivity (Wildman–Crippen MR) is 117 cm³/mol. The third kappa shape index (κ3) is 6.05. The quantitative estimate of drug-likeness (QED) is 0.410. The Morgan fingerprint density at radius 1 is 0.821 bits per heavy atom. The smallest absolute Gasteiger partial charge is 0.119 e. The summed E-state index contributed by atoms with van der Waals surface area (Å²) in [6, 6.07) is 12.4. The van der Waals surface area contributed by atoms with E-state index in [1.807, 2.05) is 19.1 Å². The molecule has 1 aliphatic carbocycles. The predicted octanol–water partition coefficient (Wildman–Crippen LogP) is 7.18. The van der Waals surface area contributed by atoms with Gasteiger partial charge in [-0.1, -0.05) is 45.4 Å². The second kappa shape index (κ2) is 11.2. The molecule has 3 nitrogen and oxygen atoms in total. The monoisotopic (exact) mass is 380 g/mol. The van der Waals surface area contributed by atoms with E-state index in [0.29, 0.717) is 12.5 Å². The largest absolute Gasteiger partial charge is 0.494 e. The van der Waals surface area contributed by atoms with Crippen LogP contribution in [0.15, 0.2) is 36.4 Å². The van der Waals surface area contributed by atoms with Crippen molar-refractivity contribution in [2.45, 2.75) is 84.0 Å². The maximum atomic E-state index is 5.51. The summed E-state index contributed by atoms with van der Waals surface area (Å²) in [5, 5.41) is 9.08. The first-order chi connectivity index (χ1) is 13.8. The molecule has 2 aromatic rings. The molecule has 28 heavy (non-hydrogen) atoms. The molecule has 3 heteroatoms. The lowest BCUT2D eigenvalue weighted by Gasteiger charge is -2.28. The number of aromatic nitrogens is 2. The van der Waals surface area contributed by atoms with Crippen LogP contribution in [0.5, 0.6) is 5.75 Å². The topological polar surface area (TPSA) is 35.0 Å². The Hall–Kier alpha value is -1.90. The summed E-state index contributed by atoms with van der Waals surface area (Å²) < 4.78 is 5.51. The van der Waals surface area contributed by atoms with Gasteiger partial charge >= 0.3 is 0 Å². The van der Waals surface area contributed by atoms with Gasteiger partial charge in [0, 0.05) is 11.5 Å². The molecule has 1 fully saturated rings. The van der Waals surface area contributed by atoms with Crippen LogP contribution in [-0.2, 0) is 0 Å². The Morgan fingerprint density at radius 2 is 1.57 bits per heavy atom. The minimum Gasteiger partial charge on any atom is -0.494 e. The number of nitrogens with zero attached hydrogens (tertiary/aromatic N) is 2. The van der Waals surface area contributed by atoms with E-state index in [1.165, 1.54) is 69.9 Å². The molecule has 0 saturated heterocycles. The van der Waals surface area contributed by atoms with Crippen LogP contribution < -0.4 is 4.74 Å². The highest BCUT2D eigenvalue weighted by Crippen LogP contribution is 2.37. The van der Waals surface area contributed by atoms with Crippen molar-refractivity contribution in [3.8, 4) is 17.0 Å². The standard InChI is InChI=1S/C25H36N2O/c1-3-5-6-7-8-9-20-10-12-21(13-11-20)24-18-19-25(27-26-24)22-14-16-23(17-15-22)28-4-2/h14-21H,3-13H2,1-2H3/t20-,21-. The number of ether oxygens (including phenoxy) is 1. The first kappa shape index (κ1) is 20.8. The van der Waals surface area contributed by atoms with Crippen LogP contribution in [0.4, 0.5) is 0 Å². The Balaban J connectivity index is 1.46. The van der Waals surface area contributed by atoms with Gasteiger partial charge < -0.3 is 4.74 Å². The molecule has 3 rings (SSSR count). The molecule has 1 aromatic carbocycles. The Bertz CT molecular complexity index is 673. The fourth-order valence-corrected chi connectivity index (χ4v) is 4.39. The minimum atomic E-state index is 0.596. The maximum Gasteiger partial charge on any atom is 0.119 e. The molecule has 0 spiro atoms. The van der Waals surface area contributed by atoms with E-state index in [1.54, 1.807) is 0 Å². The summed E-state index contributed by atoms with van der Waals surface area (Å²) in [6.07, 6.45) is 13.7. The van der Waals surface area contributed by atoms with Crippen molar-refractivity contribution in [1.82, 2.24) is 10.2 Å². The molecule has 1 heterocycles. The maximum absolute atomic E-state index is 5.51. The molecule has 0 amide bonds. The lowest BCUT2D eigenvalue weighted by atomic mass is 9.78. The third-order valence-electron chi connectivity index (χ3n) is 6.13. The lowest BCUT2D eigenvalue weighted by Crippen LogP contribution is -2.14. The fourth-order valence-electron chi connectivity index (χ4n) is 4.39. The van der Waals surface area contributed by atoms with Crippen LogP contribution in [-0.4, -0.2) is 16.8 Å². The number of hydrogen-bond acceptors (Lipinski definition) is 3. The minimum absolute atomic E-state index is 0.596. The zero-order valence-electron chi connectivity index (χ0n) is 17.7. The second-order valence-corrected chi connectivity index (χ2v) is 8.22. The molecule has 1 aliphatic rings. The van der Waals surface area contributed by atoms with E-state index >= 15 is 0 Å². The van der Waals surface area contributed by atoms with Crippen molar-refractivity contribution in [3.05, 3.63) is 42.1 Å². The molecule has 0 radical (unpaired) electrons. The van der Waals surface area contributed by atoms with Gasteiger partial charge in [0.05, 0.1) is 18.0 Å². The van der Waals surface area contributed by atoms with Crippen LogP contribution in [0.1, 0.15) is 89.7 Å². The van der Waals surface area contributed by atoms with E-state index in [-0.39, 0.29) is 0 Å². The Labute approximate surface area is 170 Å². The van der Waals surface area contributed by atoms with Crippen LogP contribution in [0.2, 0.25) is 0 Å². The molecular weight excluding hydrogens is 344 g/mol. The lowest BCUT2D eigenvalue weighted by molar-refractivity contribution is 0.298. The van der Waals surface area contributed by atoms with Gasteiger partial charge in [0.2, 0.25) is 0 Å². The van der Waals surface area contributed by atoms with E-state index in [0.717, 1.165) is 22.9 Å². The normalized spacial score (nSPS) is 19.5. The van der Waals surface area contributed by atoms with Gasteiger partial charge in [-0.25, -0.2) is 0 Å². The molecular formula is C25H36N2O. The highest BCUT2D eigenvalue weighted by atomic mass is 16.5. The second-order valence-electron chi connectivity index (χ2n) is 8.22. The summed E-state index contributed by atoms with van der Waals surface area (Å²) in [6.45, 7) is 4.98. The molecule has 1 saturated carbocycles. The summed E-state index contributed by atoms with van der Waals surface area (Å²) in [5.74, 6) is 2.44. The highest BCUT2D eigenvalue weighted by molar-refractivity contribution is 5.59. The van der Waals surface area contributed by atoms with Gasteiger partial charge in [0.25, 0.3) is 0 Å². The van der Waals surface area contributed by atoms with Gasteiger partial charge in [-0.15, -0.1) is 0 Å². The molecule has 0 atom stereocenters. The van der Waals surface area contributed by atoms with Crippen LogP contribution in [0.25, 0.3) is 11.3 Å². The number of rotatable bonds is 10. The zero-order valence-corrected chi connectivity index (χ0v) is 17.7. The molecule has 1 aromatic heterocycles. The summed E-state index contributed by atoms with van der Waals surface area (Å²) in [5.41, 5.74) is 3.21. The number of benzene rings is 1. The van der Waals surface area contributed by atoms with Crippen molar-refractivity contribution in [2.75, 3.05) is 6.61 Å². The molecule has 0 unspecified atom stereocenters. The van der Waals surface area contributed by atoms with Gasteiger partial charge in [0.1, 0.15) is 5.75 Å². The average Bonchev–Trinajstić information content (AvgIpc) is 2.75. The first-order valence-corrected chi connectivity index (χ1v) is 11.4. The number of hydrogen-bond donors (Lipinski definition) is 0. The molecule has 152 valence electrons. The van der Waals surface area contributed by atoms with Crippen molar-refractivity contribution >= 4 is 0 Å². The number of unbranched alkanes of at least 4 members (excludes halogenated alkanes) is 4. The van der Waals surface area contributed by atoms with Gasteiger partial charge in [-0.3, -0.25) is 0 Å². The zero-order chi connectivity index (χ0) is 19.6. The molecule has 0 aliphatic heterocycles. The molecule has 0 N–H and O–H groups in total. The van der Waals surface area contributed by atoms with E-state index in [4.69, 9.17) is 4.74 Å². The van der Waals surface area contributed by atoms with Crippen LogP contribution in [0.3, 0.4) is 0 Å². The summed E-state index contributed by atoms with van der Waals surface area (Å²) >= 11 is 0. The van der Waals surface area contributed by atoms with E-state index < -0.39 is 0 Å². The van der Waals surface area contributed by atoms with Gasteiger partial charge in [0.15, 0.2) is 0 Å². The SMILES string of the molecule is CCCCCCC[C@H]1CC[C@H](c2ccc(-c3ccc(OCC)cc3)nn2)CC1. The Kier molecular flexibility index (Phi) is 8.32.